The van der Waals surface area contributed by atoms with Crippen molar-refractivity contribution in [3.8, 4) is 11.5 Å². The molecule has 1 aliphatic heterocycles. The molecule has 0 aliphatic carbocycles. The average molecular weight is 356 g/mol. The van der Waals surface area contributed by atoms with Crippen molar-refractivity contribution in [2.45, 2.75) is 50.3 Å². The number of methoxy groups -OCH3 is 1. The Kier molecular flexibility index (Phi) is 6.92. The highest BCUT2D eigenvalue weighted by molar-refractivity contribution is 7.89. The smallest absolute Gasteiger partial charge is 0.246 e. The standard InChI is InChI=1S/C18H29NO4S/c1-15-9-7-5-4-6-8-12-23-17-13-16(22-3)10-11-18(17)24(20,21)19(2)14-15/h10-11,13,15H,4-9,12,14H2,1-3H3/t15-/m0/s1. The van der Waals surface area contributed by atoms with E-state index in [0.29, 0.717) is 30.6 Å². The Morgan fingerprint density at radius 2 is 1.88 bits per heavy atom. The second-order valence-electron chi connectivity index (χ2n) is 6.61. The summed E-state index contributed by atoms with van der Waals surface area (Å²) in [5.74, 6) is 1.32. The highest BCUT2D eigenvalue weighted by Gasteiger charge is 2.26. The van der Waals surface area contributed by atoms with Gasteiger partial charge in [0.25, 0.3) is 0 Å². The van der Waals surface area contributed by atoms with Crippen LogP contribution in [-0.4, -0.2) is 40.0 Å². The van der Waals surface area contributed by atoms with Crippen molar-refractivity contribution >= 4 is 10.0 Å². The van der Waals surface area contributed by atoms with Crippen LogP contribution in [0.2, 0.25) is 0 Å². The third kappa shape index (κ3) is 4.86. The summed E-state index contributed by atoms with van der Waals surface area (Å²) in [6, 6.07) is 4.91. The zero-order chi connectivity index (χ0) is 17.6. The molecule has 0 spiro atoms. The van der Waals surface area contributed by atoms with Crippen LogP contribution >= 0.6 is 0 Å². The van der Waals surface area contributed by atoms with Gasteiger partial charge in [-0.05, 0) is 30.9 Å². The Balaban J connectivity index is 2.34. The Morgan fingerprint density at radius 1 is 1.17 bits per heavy atom. The molecule has 6 heteroatoms. The van der Waals surface area contributed by atoms with Crippen molar-refractivity contribution in [2.75, 3.05) is 27.3 Å². The third-order valence-corrected chi connectivity index (χ3v) is 6.37. The monoisotopic (exact) mass is 355 g/mol. The lowest BCUT2D eigenvalue weighted by atomic mass is 10.0. The maximum absolute atomic E-state index is 12.9. The van der Waals surface area contributed by atoms with Gasteiger partial charge in [0, 0.05) is 19.7 Å². The molecule has 0 saturated carbocycles. The molecular weight excluding hydrogens is 326 g/mol. The molecule has 136 valence electrons. The fraction of sp³-hybridized carbons (Fsp3) is 0.667. The second-order valence-corrected chi connectivity index (χ2v) is 8.62. The predicted molar refractivity (Wildman–Crippen MR) is 95.2 cm³/mol. The number of benzene rings is 1. The molecule has 1 aromatic rings. The van der Waals surface area contributed by atoms with Gasteiger partial charge >= 0.3 is 0 Å². The minimum absolute atomic E-state index is 0.218. The molecule has 24 heavy (non-hydrogen) atoms. The third-order valence-electron chi connectivity index (χ3n) is 4.51. The Morgan fingerprint density at radius 3 is 2.62 bits per heavy atom. The van der Waals surface area contributed by atoms with Crippen molar-refractivity contribution in [3.63, 3.8) is 0 Å². The van der Waals surface area contributed by atoms with Crippen LogP contribution in [0.15, 0.2) is 23.1 Å². The summed E-state index contributed by atoms with van der Waals surface area (Å²) < 4.78 is 38.3. The first-order valence-electron chi connectivity index (χ1n) is 8.72. The molecule has 0 N–H and O–H groups in total. The molecule has 0 aromatic heterocycles. The minimum Gasteiger partial charge on any atom is -0.497 e. The normalized spacial score (nSPS) is 23.5. The van der Waals surface area contributed by atoms with Gasteiger partial charge in [-0.3, -0.25) is 0 Å². The fourth-order valence-corrected chi connectivity index (χ4v) is 4.44. The van der Waals surface area contributed by atoms with Gasteiger partial charge in [0.1, 0.15) is 16.4 Å². The van der Waals surface area contributed by atoms with Gasteiger partial charge in [0.15, 0.2) is 0 Å². The van der Waals surface area contributed by atoms with E-state index < -0.39 is 10.0 Å². The van der Waals surface area contributed by atoms with Crippen LogP contribution in [0.3, 0.4) is 0 Å². The number of sulfonamides is 1. The molecule has 0 amide bonds. The molecule has 1 aromatic carbocycles. The Labute approximate surface area is 146 Å². The van der Waals surface area contributed by atoms with E-state index in [-0.39, 0.29) is 4.90 Å². The minimum atomic E-state index is -3.57. The molecule has 0 radical (unpaired) electrons. The van der Waals surface area contributed by atoms with E-state index in [1.807, 2.05) is 0 Å². The summed E-state index contributed by atoms with van der Waals surface area (Å²) >= 11 is 0. The fourth-order valence-electron chi connectivity index (χ4n) is 3.04. The summed E-state index contributed by atoms with van der Waals surface area (Å²) in [4.78, 5) is 0.218. The molecule has 2 rings (SSSR count). The van der Waals surface area contributed by atoms with Crippen LogP contribution in [-0.2, 0) is 10.0 Å². The largest absolute Gasteiger partial charge is 0.497 e. The SMILES string of the molecule is COc1ccc2c(c1)OCCCCCCC[C@H](C)CN(C)S2(=O)=O. The van der Waals surface area contributed by atoms with Crippen LogP contribution in [0.25, 0.3) is 0 Å². The highest BCUT2D eigenvalue weighted by atomic mass is 32.2. The van der Waals surface area contributed by atoms with E-state index >= 15 is 0 Å². The van der Waals surface area contributed by atoms with Crippen molar-refractivity contribution in [1.82, 2.24) is 4.31 Å². The number of nitrogens with zero attached hydrogens (tertiary/aromatic N) is 1. The summed E-state index contributed by atoms with van der Waals surface area (Å²) in [5.41, 5.74) is 0. The molecule has 1 aliphatic rings. The summed E-state index contributed by atoms with van der Waals surface area (Å²) in [5, 5.41) is 0. The topological polar surface area (TPSA) is 55.8 Å². The van der Waals surface area contributed by atoms with Gasteiger partial charge in [0.2, 0.25) is 10.0 Å². The summed E-state index contributed by atoms with van der Waals surface area (Å²) in [6.45, 7) is 3.16. The molecule has 1 heterocycles. The lowest BCUT2D eigenvalue weighted by molar-refractivity contribution is 0.291. The maximum Gasteiger partial charge on any atom is 0.246 e. The zero-order valence-corrected chi connectivity index (χ0v) is 15.8. The molecule has 1 atom stereocenters. The van der Waals surface area contributed by atoms with E-state index in [2.05, 4.69) is 6.92 Å². The quantitative estimate of drug-likeness (QED) is 0.771. The van der Waals surface area contributed by atoms with Crippen molar-refractivity contribution < 1.29 is 17.9 Å². The average Bonchev–Trinajstić information content (AvgIpc) is 2.56. The van der Waals surface area contributed by atoms with Gasteiger partial charge in [-0.15, -0.1) is 0 Å². The molecule has 0 saturated heterocycles. The summed E-state index contributed by atoms with van der Waals surface area (Å²) in [6.07, 6.45) is 6.67. The first-order valence-corrected chi connectivity index (χ1v) is 10.2. The van der Waals surface area contributed by atoms with Gasteiger partial charge in [-0.1, -0.05) is 32.6 Å². The highest BCUT2D eigenvalue weighted by Crippen LogP contribution is 2.31. The van der Waals surface area contributed by atoms with E-state index in [0.717, 1.165) is 25.7 Å². The van der Waals surface area contributed by atoms with Crippen molar-refractivity contribution in [2.24, 2.45) is 5.92 Å². The predicted octanol–water partition coefficient (Wildman–Crippen LogP) is 3.68. The molecule has 5 nitrogen and oxygen atoms in total. The molecular formula is C18H29NO4S. The van der Waals surface area contributed by atoms with Crippen molar-refractivity contribution in [3.05, 3.63) is 18.2 Å². The van der Waals surface area contributed by atoms with Crippen molar-refractivity contribution in [1.29, 1.82) is 0 Å². The van der Waals surface area contributed by atoms with Crippen LogP contribution in [0.5, 0.6) is 11.5 Å². The van der Waals surface area contributed by atoms with Gasteiger partial charge < -0.3 is 9.47 Å². The molecule has 0 unspecified atom stereocenters. The van der Waals surface area contributed by atoms with Crippen LogP contribution < -0.4 is 9.47 Å². The van der Waals surface area contributed by atoms with Crippen LogP contribution in [0.1, 0.15) is 45.4 Å². The van der Waals surface area contributed by atoms with Gasteiger partial charge in [0.05, 0.1) is 13.7 Å². The molecule has 0 fully saturated rings. The van der Waals surface area contributed by atoms with Crippen LogP contribution in [0.4, 0.5) is 0 Å². The first-order chi connectivity index (χ1) is 11.4. The Bertz CT molecular complexity index is 630. The number of hydrogen-bond donors (Lipinski definition) is 0. The van der Waals surface area contributed by atoms with Gasteiger partial charge in [-0.2, -0.15) is 0 Å². The number of hydrogen-bond acceptors (Lipinski definition) is 4. The van der Waals surface area contributed by atoms with E-state index in [1.54, 1.807) is 32.4 Å². The first kappa shape index (κ1) is 19.1. The number of rotatable bonds is 1. The Hall–Kier alpha value is -1.27. The lowest BCUT2D eigenvalue weighted by Gasteiger charge is -2.23. The summed E-state index contributed by atoms with van der Waals surface area (Å²) in [7, 11) is -0.367. The molecule has 0 bridgehead atoms. The van der Waals surface area contributed by atoms with Gasteiger partial charge in [-0.25, -0.2) is 12.7 Å². The van der Waals surface area contributed by atoms with E-state index in [4.69, 9.17) is 9.47 Å². The lowest BCUT2D eigenvalue weighted by Crippen LogP contribution is -2.31. The maximum atomic E-state index is 12.9. The number of ether oxygens (including phenoxy) is 2. The van der Waals surface area contributed by atoms with Crippen LogP contribution in [0, 0.1) is 5.92 Å². The zero-order valence-electron chi connectivity index (χ0n) is 15.0. The second kappa shape index (κ2) is 8.72. The van der Waals surface area contributed by atoms with E-state index in [9.17, 15) is 8.42 Å². The van der Waals surface area contributed by atoms with E-state index in [1.165, 1.54) is 17.1 Å². The number of fused-ring (bicyclic) bond motifs is 1.